The number of rotatable bonds is 2. The lowest BCUT2D eigenvalue weighted by Gasteiger charge is -1.88. The number of hydrogen-bond donors (Lipinski definition) is 1. The first-order valence-corrected chi connectivity index (χ1v) is 5.97. The third-order valence-corrected chi connectivity index (χ3v) is 1.77. The fourth-order valence-electron chi connectivity index (χ4n) is 1.25. The number of aromatic nitrogens is 2. The summed E-state index contributed by atoms with van der Waals surface area (Å²) in [6.45, 7) is 8.82. The second-order valence-corrected chi connectivity index (χ2v) is 2.73. The largest absolute Gasteiger partial charge is 0.314 e. The molecule has 0 fully saturated rings. The molecule has 0 aliphatic carbocycles. The molecule has 0 spiro atoms. The topological polar surface area (TPSA) is 29.3 Å². The molecule has 0 bridgehead atoms. The second-order valence-electron chi connectivity index (χ2n) is 2.73. The molecule has 0 aliphatic heterocycles. The van der Waals surface area contributed by atoms with Crippen LogP contribution in [0, 0.1) is 0 Å². The summed E-state index contributed by atoms with van der Waals surface area (Å²) in [5.41, 5.74) is 2.08. The van der Waals surface area contributed by atoms with Crippen molar-refractivity contribution in [3.63, 3.8) is 0 Å². The van der Waals surface area contributed by atoms with Crippen molar-refractivity contribution in [2.45, 2.75) is 34.2 Å². The van der Waals surface area contributed by atoms with Gasteiger partial charge >= 0.3 is 0 Å². The number of imidazole rings is 1. The van der Waals surface area contributed by atoms with Gasteiger partial charge in [-0.15, -0.1) is 0 Å². The van der Waals surface area contributed by atoms with E-state index in [-0.39, 0.29) is 0 Å². The van der Waals surface area contributed by atoms with E-state index in [9.17, 15) is 0 Å². The highest BCUT2D eigenvalue weighted by Crippen LogP contribution is 2.03. The molecule has 0 aromatic carbocycles. The van der Waals surface area contributed by atoms with Gasteiger partial charge in [-0.05, 0) is 19.2 Å². The Balaban J connectivity index is 0.000000509. The van der Waals surface area contributed by atoms with Gasteiger partial charge in [-0.1, -0.05) is 33.8 Å². The first-order valence-electron chi connectivity index (χ1n) is 5.97. The van der Waals surface area contributed by atoms with Crippen molar-refractivity contribution in [1.82, 2.24) is 14.7 Å². The average Bonchev–Trinajstić information content (AvgIpc) is 2.77. The van der Waals surface area contributed by atoms with Crippen LogP contribution < -0.4 is 5.32 Å². The van der Waals surface area contributed by atoms with E-state index in [1.165, 1.54) is 0 Å². The van der Waals surface area contributed by atoms with Gasteiger partial charge in [-0.3, -0.25) is 0 Å². The quantitative estimate of drug-likeness (QED) is 0.844. The Morgan fingerprint density at radius 2 is 1.88 bits per heavy atom. The van der Waals surface area contributed by atoms with E-state index in [2.05, 4.69) is 10.3 Å². The molecule has 2 heterocycles. The van der Waals surface area contributed by atoms with E-state index in [4.69, 9.17) is 0 Å². The van der Waals surface area contributed by atoms with E-state index in [1.807, 2.05) is 69.7 Å². The van der Waals surface area contributed by atoms with Crippen LogP contribution in [0.25, 0.3) is 5.65 Å². The van der Waals surface area contributed by atoms with E-state index in [1.54, 1.807) is 0 Å². The summed E-state index contributed by atoms with van der Waals surface area (Å²) in [6, 6.07) is 5.99. The van der Waals surface area contributed by atoms with Crippen LogP contribution in [0.5, 0.6) is 0 Å². The van der Waals surface area contributed by atoms with Gasteiger partial charge in [0.2, 0.25) is 0 Å². The fourth-order valence-corrected chi connectivity index (χ4v) is 1.25. The Kier molecular flexibility index (Phi) is 8.17. The summed E-state index contributed by atoms with van der Waals surface area (Å²) in [6.07, 6.45) is 4.04. The van der Waals surface area contributed by atoms with Crippen LogP contribution in [0.1, 0.15) is 33.4 Å². The standard InChI is InChI=1S/C9H11N3.2C2H6/c1-10-6-8-7-12-5-3-2-4-9(12)11-8;2*1-2/h2-5,7,10H,6H2,1H3;2*1-2H3. The van der Waals surface area contributed by atoms with Crippen LogP contribution in [0.3, 0.4) is 0 Å². The van der Waals surface area contributed by atoms with Crippen molar-refractivity contribution < 1.29 is 0 Å². The lowest BCUT2D eigenvalue weighted by Crippen LogP contribution is -2.04. The van der Waals surface area contributed by atoms with Crippen LogP contribution in [0.2, 0.25) is 0 Å². The van der Waals surface area contributed by atoms with Crippen molar-refractivity contribution in [3.05, 3.63) is 36.3 Å². The normalized spacial score (nSPS) is 8.81. The third-order valence-electron chi connectivity index (χ3n) is 1.77. The van der Waals surface area contributed by atoms with Crippen molar-refractivity contribution in [1.29, 1.82) is 0 Å². The molecular formula is C13H23N3. The van der Waals surface area contributed by atoms with Gasteiger partial charge in [-0.2, -0.15) is 0 Å². The Hall–Kier alpha value is -1.35. The molecule has 2 rings (SSSR count). The minimum atomic E-state index is 0.821. The predicted molar refractivity (Wildman–Crippen MR) is 70.7 cm³/mol. The zero-order valence-electron chi connectivity index (χ0n) is 11.0. The van der Waals surface area contributed by atoms with Crippen molar-refractivity contribution in [3.8, 4) is 0 Å². The van der Waals surface area contributed by atoms with Crippen LogP contribution >= 0.6 is 0 Å². The molecule has 0 radical (unpaired) electrons. The first-order chi connectivity index (χ1) is 7.90. The summed E-state index contributed by atoms with van der Waals surface area (Å²) < 4.78 is 2.02. The molecule has 0 saturated heterocycles. The minimum absolute atomic E-state index is 0.821. The molecule has 0 atom stereocenters. The van der Waals surface area contributed by atoms with E-state index < -0.39 is 0 Å². The maximum absolute atomic E-state index is 4.40. The second kappa shape index (κ2) is 8.92. The molecule has 3 nitrogen and oxygen atoms in total. The van der Waals surface area contributed by atoms with Gasteiger partial charge in [0.05, 0.1) is 5.69 Å². The van der Waals surface area contributed by atoms with Crippen molar-refractivity contribution in [2.75, 3.05) is 7.05 Å². The van der Waals surface area contributed by atoms with Gasteiger partial charge in [-0.25, -0.2) is 4.98 Å². The smallest absolute Gasteiger partial charge is 0.137 e. The highest BCUT2D eigenvalue weighted by Gasteiger charge is 1.97. The monoisotopic (exact) mass is 221 g/mol. The van der Waals surface area contributed by atoms with Crippen LogP contribution in [-0.2, 0) is 6.54 Å². The van der Waals surface area contributed by atoms with Crippen LogP contribution in [0.4, 0.5) is 0 Å². The number of hydrogen-bond acceptors (Lipinski definition) is 2. The number of pyridine rings is 1. The van der Waals surface area contributed by atoms with Crippen LogP contribution in [0.15, 0.2) is 30.6 Å². The molecule has 2 aromatic rings. The SMILES string of the molecule is CC.CC.CNCc1cn2ccccc2n1. The highest BCUT2D eigenvalue weighted by molar-refractivity contribution is 5.39. The molecule has 0 unspecified atom stereocenters. The zero-order chi connectivity index (χ0) is 12.4. The molecular weight excluding hydrogens is 198 g/mol. The Morgan fingerprint density at radius 3 is 2.44 bits per heavy atom. The molecule has 0 saturated carbocycles. The highest BCUT2D eigenvalue weighted by atomic mass is 15.0. The minimum Gasteiger partial charge on any atom is -0.314 e. The summed E-state index contributed by atoms with van der Waals surface area (Å²) >= 11 is 0. The van der Waals surface area contributed by atoms with Crippen molar-refractivity contribution >= 4 is 5.65 Å². The number of fused-ring (bicyclic) bond motifs is 1. The predicted octanol–water partition coefficient (Wildman–Crippen LogP) is 3.11. The van der Waals surface area contributed by atoms with Gasteiger partial charge in [0.25, 0.3) is 0 Å². The third kappa shape index (κ3) is 4.03. The molecule has 0 aliphatic rings. The first kappa shape index (κ1) is 14.6. The van der Waals surface area contributed by atoms with Gasteiger partial charge in [0.15, 0.2) is 0 Å². The van der Waals surface area contributed by atoms with Gasteiger partial charge < -0.3 is 9.72 Å². The number of nitrogens with zero attached hydrogens (tertiary/aromatic N) is 2. The number of nitrogens with one attached hydrogen (secondary N) is 1. The molecule has 2 aromatic heterocycles. The summed E-state index contributed by atoms with van der Waals surface area (Å²) in [4.78, 5) is 4.40. The lowest BCUT2D eigenvalue weighted by atomic mass is 10.5. The maximum Gasteiger partial charge on any atom is 0.137 e. The fraction of sp³-hybridized carbons (Fsp3) is 0.462. The summed E-state index contributed by atoms with van der Waals surface area (Å²) in [7, 11) is 1.92. The van der Waals surface area contributed by atoms with E-state index in [0.717, 1.165) is 17.9 Å². The van der Waals surface area contributed by atoms with Gasteiger partial charge in [0.1, 0.15) is 5.65 Å². The lowest BCUT2D eigenvalue weighted by molar-refractivity contribution is 0.798. The summed E-state index contributed by atoms with van der Waals surface area (Å²) in [5, 5.41) is 3.07. The van der Waals surface area contributed by atoms with Crippen molar-refractivity contribution in [2.24, 2.45) is 0 Å². The summed E-state index contributed by atoms with van der Waals surface area (Å²) in [5.74, 6) is 0. The molecule has 0 amide bonds. The maximum atomic E-state index is 4.40. The van der Waals surface area contributed by atoms with E-state index >= 15 is 0 Å². The molecule has 90 valence electrons. The molecule has 1 N–H and O–H groups in total. The average molecular weight is 221 g/mol. The van der Waals surface area contributed by atoms with Crippen LogP contribution in [-0.4, -0.2) is 16.4 Å². The molecule has 16 heavy (non-hydrogen) atoms. The Bertz CT molecular complexity index is 346. The molecule has 3 heteroatoms. The van der Waals surface area contributed by atoms with Gasteiger partial charge in [0, 0.05) is 18.9 Å². The Labute approximate surface area is 98.5 Å². The zero-order valence-corrected chi connectivity index (χ0v) is 11.0. The Morgan fingerprint density at radius 1 is 1.19 bits per heavy atom. The van der Waals surface area contributed by atoms with E-state index in [0.29, 0.717) is 0 Å².